The van der Waals surface area contributed by atoms with E-state index < -0.39 is 0 Å². The van der Waals surface area contributed by atoms with Crippen LogP contribution < -0.4 is 11.1 Å². The van der Waals surface area contributed by atoms with E-state index in [1.165, 1.54) is 6.92 Å². The number of likely N-dealkylation sites (tertiary alicyclic amines) is 1. The van der Waals surface area contributed by atoms with Gasteiger partial charge in [-0.15, -0.1) is 0 Å². The number of carbonyl (C=O) groups excluding carboxylic acids is 2. The Kier molecular flexibility index (Phi) is 3.95. The molecule has 0 aliphatic carbocycles. The van der Waals surface area contributed by atoms with E-state index in [9.17, 15) is 9.59 Å². The molecule has 1 aliphatic heterocycles. The Morgan fingerprint density at radius 3 is 2.84 bits per heavy atom. The largest absolute Gasteiger partial charge is 0.398 e. The van der Waals surface area contributed by atoms with Crippen molar-refractivity contribution in [2.45, 2.75) is 19.4 Å². The smallest absolute Gasteiger partial charge is 0.253 e. The van der Waals surface area contributed by atoms with Crippen LogP contribution in [-0.4, -0.2) is 35.8 Å². The molecule has 1 saturated heterocycles. The Morgan fingerprint density at radius 2 is 2.21 bits per heavy atom. The van der Waals surface area contributed by atoms with Crippen LogP contribution in [-0.2, 0) is 4.79 Å². The van der Waals surface area contributed by atoms with Gasteiger partial charge < -0.3 is 16.0 Å². The lowest BCUT2D eigenvalue weighted by molar-refractivity contribution is -0.119. The molecule has 3 N–H and O–H groups in total. The van der Waals surface area contributed by atoms with E-state index in [0.29, 0.717) is 29.4 Å². The number of nitrogen functional groups attached to an aromatic ring is 1. The van der Waals surface area contributed by atoms with Gasteiger partial charge in [-0.05, 0) is 24.6 Å². The van der Waals surface area contributed by atoms with Crippen LogP contribution in [0.1, 0.15) is 23.7 Å². The molecular weight excluding hydrogens is 266 g/mol. The molecule has 19 heavy (non-hydrogen) atoms. The standard InChI is InChI=1S/C13H16ClN3O2/c1-8(18)16-10-4-5-17(7-10)13(19)9-2-3-12(15)11(14)6-9/h2-3,6,10H,4-5,7,15H2,1H3,(H,16,18). The Balaban J connectivity index is 2.04. The maximum absolute atomic E-state index is 12.3. The minimum absolute atomic E-state index is 0.0331. The van der Waals surface area contributed by atoms with Crippen LogP contribution in [0.2, 0.25) is 5.02 Å². The fourth-order valence-corrected chi connectivity index (χ4v) is 2.37. The van der Waals surface area contributed by atoms with Crippen LogP contribution in [0.4, 0.5) is 5.69 Å². The van der Waals surface area contributed by atoms with Gasteiger partial charge in [-0.2, -0.15) is 0 Å². The predicted octanol–water partition coefficient (Wildman–Crippen LogP) is 1.27. The molecule has 0 aromatic heterocycles. The first-order chi connectivity index (χ1) is 8.97. The number of nitrogens with one attached hydrogen (secondary N) is 1. The van der Waals surface area contributed by atoms with Gasteiger partial charge in [-0.1, -0.05) is 11.6 Å². The molecule has 1 fully saturated rings. The van der Waals surface area contributed by atoms with E-state index in [1.807, 2.05) is 0 Å². The van der Waals surface area contributed by atoms with E-state index in [4.69, 9.17) is 17.3 Å². The highest BCUT2D eigenvalue weighted by atomic mass is 35.5. The zero-order valence-electron chi connectivity index (χ0n) is 10.6. The van der Waals surface area contributed by atoms with Gasteiger partial charge in [0.15, 0.2) is 0 Å². The highest BCUT2D eigenvalue weighted by Crippen LogP contribution is 2.21. The third-order valence-electron chi connectivity index (χ3n) is 3.13. The molecule has 1 aromatic rings. The number of halogens is 1. The maximum atomic E-state index is 12.3. The quantitative estimate of drug-likeness (QED) is 0.802. The molecule has 1 unspecified atom stereocenters. The summed E-state index contributed by atoms with van der Waals surface area (Å²) in [5.41, 5.74) is 6.59. The highest BCUT2D eigenvalue weighted by molar-refractivity contribution is 6.33. The zero-order valence-corrected chi connectivity index (χ0v) is 11.4. The Hall–Kier alpha value is -1.75. The van der Waals surface area contributed by atoms with Crippen LogP contribution in [0.15, 0.2) is 18.2 Å². The predicted molar refractivity (Wildman–Crippen MR) is 74.0 cm³/mol. The Labute approximate surface area is 116 Å². The molecular formula is C13H16ClN3O2. The van der Waals surface area contributed by atoms with E-state index in [0.717, 1.165) is 6.42 Å². The van der Waals surface area contributed by atoms with Crippen molar-refractivity contribution < 1.29 is 9.59 Å². The number of hydrogen-bond donors (Lipinski definition) is 2. The van der Waals surface area contributed by atoms with Gasteiger partial charge in [0.2, 0.25) is 5.91 Å². The molecule has 1 aromatic carbocycles. The molecule has 0 radical (unpaired) electrons. The van der Waals surface area contributed by atoms with Crippen molar-refractivity contribution in [2.75, 3.05) is 18.8 Å². The van der Waals surface area contributed by atoms with E-state index in [2.05, 4.69) is 5.32 Å². The summed E-state index contributed by atoms with van der Waals surface area (Å²) in [4.78, 5) is 24.9. The Bertz CT molecular complexity index is 519. The van der Waals surface area contributed by atoms with Crippen LogP contribution in [0, 0.1) is 0 Å². The zero-order chi connectivity index (χ0) is 14.0. The monoisotopic (exact) mass is 281 g/mol. The van der Waals surface area contributed by atoms with Gasteiger partial charge in [-0.3, -0.25) is 9.59 Å². The molecule has 0 spiro atoms. The first-order valence-electron chi connectivity index (χ1n) is 6.09. The van der Waals surface area contributed by atoms with E-state index in [1.54, 1.807) is 23.1 Å². The molecule has 2 rings (SSSR count). The number of benzene rings is 1. The molecule has 5 nitrogen and oxygen atoms in total. The molecule has 6 heteroatoms. The fraction of sp³-hybridized carbons (Fsp3) is 0.385. The second-order valence-corrected chi connectivity index (χ2v) is 5.08. The summed E-state index contributed by atoms with van der Waals surface area (Å²) >= 11 is 5.91. The summed E-state index contributed by atoms with van der Waals surface area (Å²) in [5, 5.41) is 3.20. The normalized spacial score (nSPS) is 18.4. The lowest BCUT2D eigenvalue weighted by atomic mass is 10.2. The summed E-state index contributed by atoms with van der Waals surface area (Å²) in [6, 6.07) is 4.89. The lowest BCUT2D eigenvalue weighted by Gasteiger charge is -2.17. The third-order valence-corrected chi connectivity index (χ3v) is 3.46. The van der Waals surface area contributed by atoms with Gasteiger partial charge in [0.25, 0.3) is 5.91 Å². The topological polar surface area (TPSA) is 75.4 Å². The number of hydrogen-bond acceptors (Lipinski definition) is 3. The van der Waals surface area contributed by atoms with Gasteiger partial charge in [0.05, 0.1) is 10.7 Å². The van der Waals surface area contributed by atoms with Crippen molar-refractivity contribution >= 4 is 29.1 Å². The minimum Gasteiger partial charge on any atom is -0.398 e. The van der Waals surface area contributed by atoms with Gasteiger partial charge in [0, 0.05) is 31.6 Å². The van der Waals surface area contributed by atoms with Crippen LogP contribution in [0.5, 0.6) is 0 Å². The van der Waals surface area contributed by atoms with E-state index in [-0.39, 0.29) is 17.9 Å². The van der Waals surface area contributed by atoms with Gasteiger partial charge in [0.1, 0.15) is 0 Å². The summed E-state index contributed by atoms with van der Waals surface area (Å²) in [6.07, 6.45) is 0.772. The van der Waals surface area contributed by atoms with Crippen LogP contribution in [0.3, 0.4) is 0 Å². The molecule has 1 heterocycles. The second kappa shape index (κ2) is 5.48. The minimum atomic E-state index is -0.0882. The first-order valence-corrected chi connectivity index (χ1v) is 6.46. The van der Waals surface area contributed by atoms with Crippen molar-refractivity contribution in [1.29, 1.82) is 0 Å². The van der Waals surface area contributed by atoms with E-state index >= 15 is 0 Å². The van der Waals surface area contributed by atoms with Crippen molar-refractivity contribution in [3.05, 3.63) is 28.8 Å². The average Bonchev–Trinajstić information content (AvgIpc) is 2.79. The van der Waals surface area contributed by atoms with Crippen molar-refractivity contribution in [2.24, 2.45) is 0 Å². The van der Waals surface area contributed by atoms with Crippen molar-refractivity contribution in [3.63, 3.8) is 0 Å². The molecule has 102 valence electrons. The van der Waals surface area contributed by atoms with Crippen molar-refractivity contribution in [3.8, 4) is 0 Å². The molecule has 0 bridgehead atoms. The van der Waals surface area contributed by atoms with Crippen LogP contribution in [0.25, 0.3) is 0 Å². The Morgan fingerprint density at radius 1 is 1.47 bits per heavy atom. The van der Waals surface area contributed by atoms with Gasteiger partial charge in [-0.25, -0.2) is 0 Å². The number of anilines is 1. The maximum Gasteiger partial charge on any atom is 0.253 e. The number of carbonyl (C=O) groups is 2. The summed E-state index contributed by atoms with van der Waals surface area (Å²) < 4.78 is 0. The average molecular weight is 282 g/mol. The van der Waals surface area contributed by atoms with Gasteiger partial charge >= 0.3 is 0 Å². The summed E-state index contributed by atoms with van der Waals surface area (Å²) in [5.74, 6) is -0.162. The second-order valence-electron chi connectivity index (χ2n) is 4.67. The number of nitrogens with zero attached hydrogens (tertiary/aromatic N) is 1. The molecule has 1 atom stereocenters. The summed E-state index contributed by atoms with van der Waals surface area (Å²) in [6.45, 7) is 2.64. The third kappa shape index (κ3) is 3.17. The lowest BCUT2D eigenvalue weighted by Crippen LogP contribution is -2.37. The number of rotatable bonds is 2. The van der Waals surface area contributed by atoms with Crippen molar-refractivity contribution in [1.82, 2.24) is 10.2 Å². The highest BCUT2D eigenvalue weighted by Gasteiger charge is 2.27. The molecule has 1 aliphatic rings. The molecule has 0 saturated carbocycles. The first kappa shape index (κ1) is 13.7. The summed E-state index contributed by atoms with van der Waals surface area (Å²) in [7, 11) is 0. The fourth-order valence-electron chi connectivity index (χ4n) is 2.19. The van der Waals surface area contributed by atoms with Crippen LogP contribution >= 0.6 is 11.6 Å². The molecule has 2 amide bonds. The SMILES string of the molecule is CC(=O)NC1CCN(C(=O)c2ccc(N)c(Cl)c2)C1. The number of amides is 2. The number of nitrogens with two attached hydrogens (primary N) is 1.